The van der Waals surface area contributed by atoms with Crippen molar-refractivity contribution in [3.63, 3.8) is 0 Å². The van der Waals surface area contributed by atoms with Crippen LogP contribution in [0.3, 0.4) is 0 Å². The molecule has 3 rings (SSSR count). The maximum atomic E-state index is 4.50. The lowest BCUT2D eigenvalue weighted by Crippen LogP contribution is -1.89. The van der Waals surface area contributed by atoms with Gasteiger partial charge in [0.2, 0.25) is 0 Å². The largest absolute Gasteiger partial charge is 0.257 e. The van der Waals surface area contributed by atoms with Crippen LogP contribution in [0.25, 0.3) is 11.1 Å². The van der Waals surface area contributed by atoms with Gasteiger partial charge in [0, 0.05) is 12.1 Å². The van der Waals surface area contributed by atoms with Gasteiger partial charge < -0.3 is 0 Å². The van der Waals surface area contributed by atoms with E-state index in [1.165, 1.54) is 22.4 Å². The van der Waals surface area contributed by atoms with E-state index < -0.39 is 0 Å². The molecule has 0 aliphatic carbocycles. The summed E-state index contributed by atoms with van der Waals surface area (Å²) in [6.07, 6.45) is 0.996. The van der Waals surface area contributed by atoms with Gasteiger partial charge >= 0.3 is 0 Å². The fraction of sp³-hybridized carbons (Fsp3) is 0.133. The average Bonchev–Trinajstić information content (AvgIpc) is 2.69. The molecule has 0 N–H and O–H groups in total. The Kier molecular flexibility index (Phi) is 2.10. The quantitative estimate of drug-likeness (QED) is 0.670. The zero-order chi connectivity index (χ0) is 11.0. The van der Waals surface area contributed by atoms with Crippen molar-refractivity contribution < 1.29 is 0 Å². The molecule has 1 heterocycles. The van der Waals surface area contributed by atoms with E-state index in [1.54, 1.807) is 0 Å². The molecule has 0 bridgehead atoms. The van der Waals surface area contributed by atoms with Crippen molar-refractivity contribution >= 4 is 11.4 Å². The molecule has 0 radical (unpaired) electrons. The standard InChI is InChI=1S/C15H13N/c1-11-9-14-10-13(7-8-15(14)16-11)12-5-3-2-4-6-12/h2-8,10H,9H2,1H3. The zero-order valence-electron chi connectivity index (χ0n) is 9.27. The predicted molar refractivity (Wildman–Crippen MR) is 68.4 cm³/mol. The summed E-state index contributed by atoms with van der Waals surface area (Å²) < 4.78 is 0. The van der Waals surface area contributed by atoms with E-state index in [-0.39, 0.29) is 0 Å². The molecule has 1 aliphatic heterocycles. The Bertz CT molecular complexity index is 553. The molecule has 0 amide bonds. The first-order chi connectivity index (χ1) is 7.83. The average molecular weight is 207 g/mol. The molecular weight excluding hydrogens is 194 g/mol. The van der Waals surface area contributed by atoms with Gasteiger partial charge in [0.15, 0.2) is 0 Å². The van der Waals surface area contributed by atoms with Gasteiger partial charge in [-0.25, -0.2) is 0 Å². The molecule has 1 heteroatoms. The third-order valence-corrected chi connectivity index (χ3v) is 2.94. The predicted octanol–water partition coefficient (Wildman–Crippen LogP) is 4.00. The Labute approximate surface area is 95.5 Å². The Balaban J connectivity index is 2.05. The third kappa shape index (κ3) is 1.54. The molecule has 0 aromatic heterocycles. The van der Waals surface area contributed by atoms with Crippen LogP contribution in [0.15, 0.2) is 53.5 Å². The van der Waals surface area contributed by atoms with Gasteiger partial charge in [0.05, 0.1) is 5.69 Å². The summed E-state index contributed by atoms with van der Waals surface area (Å²) in [7, 11) is 0. The molecule has 0 saturated heterocycles. The zero-order valence-corrected chi connectivity index (χ0v) is 9.27. The number of fused-ring (bicyclic) bond motifs is 1. The molecule has 78 valence electrons. The van der Waals surface area contributed by atoms with Crippen LogP contribution >= 0.6 is 0 Å². The van der Waals surface area contributed by atoms with Crippen LogP contribution in [0.2, 0.25) is 0 Å². The number of aliphatic imine (C=N–C) groups is 1. The number of nitrogens with zero attached hydrogens (tertiary/aromatic N) is 1. The van der Waals surface area contributed by atoms with Gasteiger partial charge in [-0.1, -0.05) is 36.4 Å². The highest BCUT2D eigenvalue weighted by molar-refractivity contribution is 5.92. The smallest absolute Gasteiger partial charge is 0.0665 e. The summed E-state index contributed by atoms with van der Waals surface area (Å²) in [5, 5.41) is 0. The Morgan fingerprint density at radius 1 is 0.938 bits per heavy atom. The second-order valence-corrected chi connectivity index (χ2v) is 4.23. The van der Waals surface area contributed by atoms with Crippen molar-refractivity contribution in [3.05, 3.63) is 54.1 Å². The molecule has 1 aliphatic rings. The molecule has 16 heavy (non-hydrogen) atoms. The summed E-state index contributed by atoms with van der Waals surface area (Å²) in [5.74, 6) is 0. The van der Waals surface area contributed by atoms with Crippen LogP contribution in [0, 0.1) is 0 Å². The van der Waals surface area contributed by atoms with E-state index in [9.17, 15) is 0 Å². The van der Waals surface area contributed by atoms with E-state index in [0.29, 0.717) is 0 Å². The maximum absolute atomic E-state index is 4.50. The van der Waals surface area contributed by atoms with Crippen molar-refractivity contribution in [2.24, 2.45) is 4.99 Å². The lowest BCUT2D eigenvalue weighted by molar-refractivity contribution is 1.38. The molecule has 2 aromatic carbocycles. The minimum absolute atomic E-state index is 0.996. The summed E-state index contributed by atoms with van der Waals surface area (Å²) in [6, 6.07) is 17.0. The summed E-state index contributed by atoms with van der Waals surface area (Å²) >= 11 is 0. The normalized spacial score (nSPS) is 13.4. The summed E-state index contributed by atoms with van der Waals surface area (Å²) in [4.78, 5) is 4.50. The minimum atomic E-state index is 0.996. The van der Waals surface area contributed by atoms with Gasteiger partial charge in [-0.3, -0.25) is 4.99 Å². The van der Waals surface area contributed by atoms with Crippen LogP contribution in [-0.2, 0) is 6.42 Å². The highest BCUT2D eigenvalue weighted by Crippen LogP contribution is 2.31. The lowest BCUT2D eigenvalue weighted by atomic mass is 10.0. The first-order valence-corrected chi connectivity index (χ1v) is 5.55. The fourth-order valence-electron chi connectivity index (χ4n) is 2.17. The SMILES string of the molecule is CC1=Nc2ccc(-c3ccccc3)cc2C1. The molecule has 0 fully saturated rings. The fourth-order valence-corrected chi connectivity index (χ4v) is 2.17. The van der Waals surface area contributed by atoms with Crippen molar-refractivity contribution in [2.45, 2.75) is 13.3 Å². The van der Waals surface area contributed by atoms with E-state index in [4.69, 9.17) is 0 Å². The molecule has 2 aromatic rings. The number of benzene rings is 2. The topological polar surface area (TPSA) is 12.4 Å². The molecule has 0 spiro atoms. The number of hydrogen-bond donors (Lipinski definition) is 0. The minimum Gasteiger partial charge on any atom is -0.257 e. The molecule has 0 atom stereocenters. The Morgan fingerprint density at radius 2 is 1.75 bits per heavy atom. The van der Waals surface area contributed by atoms with Crippen molar-refractivity contribution in [3.8, 4) is 11.1 Å². The van der Waals surface area contributed by atoms with Crippen LogP contribution in [-0.4, -0.2) is 5.71 Å². The molecular formula is C15H13N. The van der Waals surface area contributed by atoms with E-state index >= 15 is 0 Å². The highest BCUT2D eigenvalue weighted by Gasteiger charge is 2.11. The molecule has 1 nitrogen and oxygen atoms in total. The van der Waals surface area contributed by atoms with Crippen molar-refractivity contribution in [2.75, 3.05) is 0 Å². The summed E-state index contributed by atoms with van der Waals surface area (Å²) in [6.45, 7) is 2.09. The second kappa shape index (κ2) is 3.60. The molecule has 0 saturated carbocycles. The maximum Gasteiger partial charge on any atom is 0.0665 e. The first-order valence-electron chi connectivity index (χ1n) is 5.55. The van der Waals surface area contributed by atoms with Gasteiger partial charge in [-0.05, 0) is 35.7 Å². The van der Waals surface area contributed by atoms with Gasteiger partial charge in [0.25, 0.3) is 0 Å². The van der Waals surface area contributed by atoms with E-state index in [2.05, 4.69) is 54.4 Å². The van der Waals surface area contributed by atoms with Crippen LogP contribution in [0.4, 0.5) is 5.69 Å². The van der Waals surface area contributed by atoms with E-state index in [1.807, 2.05) is 6.07 Å². The molecule has 0 unspecified atom stereocenters. The first kappa shape index (κ1) is 9.34. The number of hydrogen-bond acceptors (Lipinski definition) is 1. The van der Waals surface area contributed by atoms with Crippen LogP contribution in [0.1, 0.15) is 12.5 Å². The number of rotatable bonds is 1. The van der Waals surface area contributed by atoms with Gasteiger partial charge in [-0.15, -0.1) is 0 Å². The van der Waals surface area contributed by atoms with Crippen LogP contribution < -0.4 is 0 Å². The lowest BCUT2D eigenvalue weighted by Gasteiger charge is -2.03. The van der Waals surface area contributed by atoms with E-state index in [0.717, 1.165) is 12.1 Å². The second-order valence-electron chi connectivity index (χ2n) is 4.23. The van der Waals surface area contributed by atoms with Crippen LogP contribution in [0.5, 0.6) is 0 Å². The van der Waals surface area contributed by atoms with Crippen molar-refractivity contribution in [1.29, 1.82) is 0 Å². The van der Waals surface area contributed by atoms with Gasteiger partial charge in [-0.2, -0.15) is 0 Å². The highest BCUT2D eigenvalue weighted by atomic mass is 14.8. The monoisotopic (exact) mass is 207 g/mol. The Hall–Kier alpha value is -1.89. The Morgan fingerprint density at radius 3 is 2.56 bits per heavy atom. The van der Waals surface area contributed by atoms with Gasteiger partial charge in [0.1, 0.15) is 0 Å². The third-order valence-electron chi connectivity index (χ3n) is 2.94. The summed E-state index contributed by atoms with van der Waals surface area (Å²) in [5.41, 5.74) is 6.25. The van der Waals surface area contributed by atoms with Crippen molar-refractivity contribution in [1.82, 2.24) is 0 Å².